The summed E-state index contributed by atoms with van der Waals surface area (Å²) in [5.74, 6) is -0.624. The Balaban J connectivity index is 2.45. The number of aliphatic imine (C=N–C) groups is 1. The zero-order valence-electron chi connectivity index (χ0n) is 9.51. The second kappa shape index (κ2) is 4.54. The van der Waals surface area contributed by atoms with E-state index < -0.39 is 21.9 Å². The molecule has 0 aliphatic carbocycles. The van der Waals surface area contributed by atoms with E-state index in [0.717, 1.165) is 12.1 Å². The lowest BCUT2D eigenvalue weighted by Crippen LogP contribution is -2.41. The average Bonchev–Trinajstić information content (AvgIpc) is 2.29. The van der Waals surface area contributed by atoms with Crippen molar-refractivity contribution >= 4 is 21.7 Å². The number of rotatable bonds is 2. The van der Waals surface area contributed by atoms with Gasteiger partial charge in [0.25, 0.3) is 10.0 Å². The average molecular weight is 273 g/mol. The van der Waals surface area contributed by atoms with E-state index in [2.05, 4.69) is 15.0 Å². The smallest absolute Gasteiger partial charge is 0.266 e. The molecule has 0 saturated carbocycles. The Morgan fingerprint density at radius 3 is 2.89 bits per heavy atom. The molecule has 1 aliphatic heterocycles. The van der Waals surface area contributed by atoms with E-state index in [1.54, 1.807) is 6.92 Å². The molecular formula is C10H12FN3O3S. The standard InChI is InChI=1S/C10H12FN3O3S/c1-6(5-15)12-10-13-8-3-2-7(11)4-9(8)18(16,17)14-10/h2-4,6,15H,5H2,1H3,(H2,12,13,14). The molecule has 0 aromatic heterocycles. The van der Waals surface area contributed by atoms with Crippen molar-refractivity contribution in [2.45, 2.75) is 17.9 Å². The maximum atomic E-state index is 13.0. The Kier molecular flexibility index (Phi) is 3.22. The molecule has 1 unspecified atom stereocenters. The van der Waals surface area contributed by atoms with Gasteiger partial charge < -0.3 is 10.4 Å². The van der Waals surface area contributed by atoms with Crippen LogP contribution in [0.4, 0.5) is 10.1 Å². The van der Waals surface area contributed by atoms with Gasteiger partial charge in [-0.15, -0.1) is 0 Å². The fourth-order valence-electron chi connectivity index (χ4n) is 1.48. The van der Waals surface area contributed by atoms with Gasteiger partial charge in [-0.1, -0.05) is 0 Å². The lowest BCUT2D eigenvalue weighted by molar-refractivity contribution is 0.274. The Hall–Kier alpha value is -1.67. The van der Waals surface area contributed by atoms with Crippen LogP contribution in [0.25, 0.3) is 0 Å². The summed E-state index contributed by atoms with van der Waals surface area (Å²) in [6.07, 6.45) is 0. The van der Waals surface area contributed by atoms with Crippen molar-refractivity contribution in [3.63, 3.8) is 0 Å². The number of hydrogen-bond donors (Lipinski definition) is 3. The van der Waals surface area contributed by atoms with Crippen LogP contribution in [0.2, 0.25) is 0 Å². The first-order chi connectivity index (χ1) is 8.42. The second-order valence-electron chi connectivity index (χ2n) is 3.88. The van der Waals surface area contributed by atoms with Crippen molar-refractivity contribution in [2.24, 2.45) is 4.99 Å². The van der Waals surface area contributed by atoms with Gasteiger partial charge in [0.05, 0.1) is 18.3 Å². The Morgan fingerprint density at radius 1 is 1.50 bits per heavy atom. The highest BCUT2D eigenvalue weighted by Gasteiger charge is 2.27. The van der Waals surface area contributed by atoms with Crippen molar-refractivity contribution in [3.8, 4) is 0 Å². The second-order valence-corrected chi connectivity index (χ2v) is 5.53. The minimum absolute atomic E-state index is 0.00987. The molecule has 8 heteroatoms. The first-order valence-electron chi connectivity index (χ1n) is 5.20. The third kappa shape index (κ3) is 2.44. The molecule has 0 fully saturated rings. The normalized spacial score (nSPS) is 20.7. The number of nitrogens with one attached hydrogen (secondary N) is 2. The van der Waals surface area contributed by atoms with E-state index in [9.17, 15) is 12.8 Å². The number of halogens is 1. The molecule has 0 spiro atoms. The quantitative estimate of drug-likeness (QED) is 0.721. The predicted molar refractivity (Wildman–Crippen MR) is 64.3 cm³/mol. The molecule has 0 saturated heterocycles. The van der Waals surface area contributed by atoms with Gasteiger partial charge in [-0.05, 0) is 25.1 Å². The summed E-state index contributed by atoms with van der Waals surface area (Å²) in [7, 11) is -3.83. The van der Waals surface area contributed by atoms with E-state index in [1.165, 1.54) is 6.07 Å². The number of nitrogens with zero attached hydrogens (tertiary/aromatic N) is 1. The fourth-order valence-corrected chi connectivity index (χ4v) is 2.62. The van der Waals surface area contributed by atoms with Gasteiger partial charge in [0.1, 0.15) is 10.7 Å². The molecule has 1 aliphatic rings. The molecule has 1 heterocycles. The molecule has 1 aromatic rings. The van der Waals surface area contributed by atoms with Crippen LogP contribution in [-0.4, -0.2) is 32.1 Å². The van der Waals surface area contributed by atoms with E-state index in [1.807, 2.05) is 0 Å². The maximum Gasteiger partial charge on any atom is 0.266 e. The van der Waals surface area contributed by atoms with Crippen molar-refractivity contribution in [1.29, 1.82) is 0 Å². The van der Waals surface area contributed by atoms with E-state index >= 15 is 0 Å². The van der Waals surface area contributed by atoms with E-state index in [0.29, 0.717) is 0 Å². The van der Waals surface area contributed by atoms with Crippen molar-refractivity contribution in [2.75, 3.05) is 11.9 Å². The van der Waals surface area contributed by atoms with Crippen LogP contribution in [-0.2, 0) is 10.0 Å². The highest BCUT2D eigenvalue weighted by Crippen LogP contribution is 2.25. The Bertz CT molecular complexity index is 600. The van der Waals surface area contributed by atoms with Gasteiger partial charge in [0.15, 0.2) is 0 Å². The largest absolute Gasteiger partial charge is 0.394 e. The van der Waals surface area contributed by atoms with Gasteiger partial charge in [0, 0.05) is 0 Å². The van der Waals surface area contributed by atoms with Gasteiger partial charge >= 0.3 is 0 Å². The third-order valence-electron chi connectivity index (χ3n) is 2.33. The number of benzene rings is 1. The molecule has 1 aromatic carbocycles. The molecule has 0 amide bonds. The summed E-state index contributed by atoms with van der Waals surface area (Å²) < 4.78 is 38.9. The fraction of sp³-hybridized carbons (Fsp3) is 0.300. The highest BCUT2D eigenvalue weighted by molar-refractivity contribution is 7.90. The lowest BCUT2D eigenvalue weighted by Gasteiger charge is -2.22. The van der Waals surface area contributed by atoms with Crippen LogP contribution in [0, 0.1) is 5.82 Å². The number of fused-ring (bicyclic) bond motifs is 1. The Labute approximate surface area is 104 Å². The van der Waals surface area contributed by atoms with Crippen LogP contribution < -0.4 is 10.0 Å². The minimum Gasteiger partial charge on any atom is -0.394 e. The van der Waals surface area contributed by atoms with Crippen LogP contribution in [0.1, 0.15) is 6.92 Å². The summed E-state index contributed by atoms with van der Waals surface area (Å²) in [5.41, 5.74) is 0.249. The number of sulfonamides is 1. The molecule has 2 rings (SSSR count). The van der Waals surface area contributed by atoms with Crippen LogP contribution in [0.5, 0.6) is 0 Å². The number of aliphatic hydroxyl groups excluding tert-OH is 1. The number of aliphatic hydroxyl groups is 1. The van der Waals surface area contributed by atoms with Gasteiger partial charge in [-0.25, -0.2) is 22.5 Å². The summed E-state index contributed by atoms with van der Waals surface area (Å²) in [4.78, 5) is 3.77. The lowest BCUT2D eigenvalue weighted by atomic mass is 10.3. The molecular weight excluding hydrogens is 261 g/mol. The van der Waals surface area contributed by atoms with Crippen LogP contribution >= 0.6 is 0 Å². The van der Waals surface area contributed by atoms with Crippen molar-refractivity contribution in [1.82, 2.24) is 4.72 Å². The molecule has 98 valence electrons. The Morgan fingerprint density at radius 2 is 2.22 bits per heavy atom. The first-order valence-corrected chi connectivity index (χ1v) is 6.69. The first kappa shape index (κ1) is 12.8. The summed E-state index contributed by atoms with van der Waals surface area (Å²) in [5, 5.41) is 11.6. The van der Waals surface area contributed by atoms with Gasteiger partial charge in [0.2, 0.25) is 5.96 Å². The van der Waals surface area contributed by atoms with Crippen LogP contribution in [0.3, 0.4) is 0 Å². The zero-order chi connectivity index (χ0) is 13.3. The van der Waals surface area contributed by atoms with Crippen molar-refractivity contribution < 1.29 is 17.9 Å². The van der Waals surface area contributed by atoms with Gasteiger partial charge in [-0.2, -0.15) is 0 Å². The third-order valence-corrected chi connectivity index (χ3v) is 3.71. The molecule has 0 bridgehead atoms. The minimum atomic E-state index is -3.83. The van der Waals surface area contributed by atoms with Crippen molar-refractivity contribution in [3.05, 3.63) is 24.0 Å². The molecule has 1 atom stereocenters. The van der Waals surface area contributed by atoms with E-state index in [4.69, 9.17) is 5.11 Å². The predicted octanol–water partition coefficient (Wildman–Crippen LogP) is 0.266. The SMILES string of the molecule is CC(CO)N=C1Nc2ccc(F)cc2S(=O)(=O)N1. The summed E-state index contributed by atoms with van der Waals surface area (Å²) in [6, 6.07) is 2.95. The topological polar surface area (TPSA) is 90.8 Å². The summed E-state index contributed by atoms with van der Waals surface area (Å²) in [6.45, 7) is 1.42. The van der Waals surface area contributed by atoms with Gasteiger partial charge in [-0.3, -0.25) is 0 Å². The number of guanidine groups is 1. The number of hydrogen-bond acceptors (Lipinski definition) is 4. The van der Waals surface area contributed by atoms with E-state index in [-0.39, 0.29) is 23.1 Å². The summed E-state index contributed by atoms with van der Waals surface area (Å²) >= 11 is 0. The molecule has 6 nitrogen and oxygen atoms in total. The molecule has 0 radical (unpaired) electrons. The number of anilines is 1. The highest BCUT2D eigenvalue weighted by atomic mass is 32.2. The molecule has 18 heavy (non-hydrogen) atoms. The molecule has 3 N–H and O–H groups in total. The monoisotopic (exact) mass is 273 g/mol. The van der Waals surface area contributed by atoms with Crippen LogP contribution in [0.15, 0.2) is 28.1 Å². The maximum absolute atomic E-state index is 13.0. The zero-order valence-corrected chi connectivity index (χ0v) is 10.3.